The van der Waals surface area contributed by atoms with Crippen LogP contribution in [0.4, 0.5) is 0 Å². The molecule has 0 amide bonds. The van der Waals surface area contributed by atoms with Gasteiger partial charge in [-0.3, -0.25) is 0 Å². The Labute approximate surface area is 173 Å². The van der Waals surface area contributed by atoms with E-state index in [9.17, 15) is 18.0 Å². The molecule has 0 aromatic heterocycles. The SMILES string of the molecule is NS(=O)(=O)O[C@H]1[C@H](OC(=O)c2ccccc2)C=CO[C@@H]1COC(=O)c1ccccc1. The molecule has 2 aromatic rings. The third-order valence-electron chi connectivity index (χ3n) is 4.10. The number of carbonyl (C=O) groups is 2. The van der Waals surface area contributed by atoms with Gasteiger partial charge in [0.15, 0.2) is 18.3 Å². The summed E-state index contributed by atoms with van der Waals surface area (Å²) in [5.41, 5.74) is 0.568. The highest BCUT2D eigenvalue weighted by molar-refractivity contribution is 7.84. The Kier molecular flexibility index (Phi) is 6.83. The number of hydrogen-bond donors (Lipinski definition) is 1. The summed E-state index contributed by atoms with van der Waals surface area (Å²) in [6.07, 6.45) is -1.07. The molecule has 0 radical (unpaired) electrons. The fourth-order valence-electron chi connectivity index (χ4n) is 2.72. The van der Waals surface area contributed by atoms with Gasteiger partial charge in [-0.1, -0.05) is 36.4 Å². The predicted octanol–water partition coefficient (Wildman–Crippen LogP) is 1.57. The van der Waals surface area contributed by atoms with Crippen LogP contribution in [0.1, 0.15) is 20.7 Å². The molecule has 9 nitrogen and oxygen atoms in total. The predicted molar refractivity (Wildman–Crippen MR) is 104 cm³/mol. The Morgan fingerprint density at radius 2 is 1.50 bits per heavy atom. The van der Waals surface area contributed by atoms with Gasteiger partial charge in [-0.15, -0.1) is 0 Å². The molecule has 0 saturated heterocycles. The molecule has 2 aromatic carbocycles. The summed E-state index contributed by atoms with van der Waals surface area (Å²) < 4.78 is 43.9. The molecule has 0 fully saturated rings. The topological polar surface area (TPSA) is 131 Å². The molecule has 0 bridgehead atoms. The molecular formula is C20H19NO8S. The van der Waals surface area contributed by atoms with Crippen molar-refractivity contribution < 1.29 is 36.4 Å². The minimum absolute atomic E-state index is 0.263. The molecule has 2 N–H and O–H groups in total. The number of ether oxygens (including phenoxy) is 3. The Morgan fingerprint density at radius 1 is 0.933 bits per heavy atom. The molecule has 0 saturated carbocycles. The maximum Gasteiger partial charge on any atom is 0.338 e. The van der Waals surface area contributed by atoms with Gasteiger partial charge in [-0.2, -0.15) is 8.42 Å². The molecule has 1 heterocycles. The molecule has 0 spiro atoms. The summed E-state index contributed by atoms with van der Waals surface area (Å²) in [7, 11) is -4.43. The molecular weight excluding hydrogens is 414 g/mol. The van der Waals surface area contributed by atoms with Crippen LogP contribution in [0.15, 0.2) is 73.0 Å². The van der Waals surface area contributed by atoms with E-state index in [0.717, 1.165) is 0 Å². The van der Waals surface area contributed by atoms with Gasteiger partial charge < -0.3 is 14.2 Å². The average molecular weight is 433 g/mol. The lowest BCUT2D eigenvalue weighted by Crippen LogP contribution is -2.48. The fourth-order valence-corrected chi connectivity index (χ4v) is 3.26. The van der Waals surface area contributed by atoms with Crippen LogP contribution in [0.3, 0.4) is 0 Å². The lowest BCUT2D eigenvalue weighted by Gasteiger charge is -2.32. The van der Waals surface area contributed by atoms with Crippen molar-refractivity contribution in [3.8, 4) is 0 Å². The lowest BCUT2D eigenvalue weighted by atomic mass is 10.1. The molecule has 10 heteroatoms. The second kappa shape index (κ2) is 9.53. The van der Waals surface area contributed by atoms with E-state index in [2.05, 4.69) is 0 Å². The van der Waals surface area contributed by atoms with Crippen molar-refractivity contribution >= 4 is 22.2 Å². The number of carbonyl (C=O) groups excluding carboxylic acids is 2. The number of esters is 2. The van der Waals surface area contributed by atoms with Gasteiger partial charge in [0.1, 0.15) is 6.61 Å². The van der Waals surface area contributed by atoms with Gasteiger partial charge in [-0.05, 0) is 30.3 Å². The Bertz CT molecular complexity index is 1010. The highest BCUT2D eigenvalue weighted by atomic mass is 32.2. The zero-order valence-electron chi connectivity index (χ0n) is 15.6. The van der Waals surface area contributed by atoms with Crippen LogP contribution in [0.25, 0.3) is 0 Å². The highest BCUT2D eigenvalue weighted by Crippen LogP contribution is 2.22. The van der Waals surface area contributed by atoms with Gasteiger partial charge in [0.25, 0.3) is 0 Å². The van der Waals surface area contributed by atoms with E-state index < -0.39 is 40.6 Å². The molecule has 30 heavy (non-hydrogen) atoms. The van der Waals surface area contributed by atoms with Crippen molar-refractivity contribution in [2.45, 2.75) is 18.3 Å². The van der Waals surface area contributed by atoms with E-state index >= 15 is 0 Å². The third-order valence-corrected chi connectivity index (χ3v) is 4.59. The summed E-state index contributed by atoms with van der Waals surface area (Å²) in [5.74, 6) is -1.34. The molecule has 3 rings (SSSR count). The second-order valence-electron chi connectivity index (χ2n) is 6.26. The molecule has 0 aliphatic carbocycles. The Hall–Kier alpha value is -3.21. The van der Waals surface area contributed by atoms with E-state index in [4.69, 9.17) is 23.5 Å². The molecule has 158 valence electrons. The van der Waals surface area contributed by atoms with Crippen molar-refractivity contribution in [2.75, 3.05) is 6.61 Å². The van der Waals surface area contributed by atoms with Gasteiger partial charge in [0, 0.05) is 0 Å². The van der Waals surface area contributed by atoms with E-state index in [1.165, 1.54) is 12.3 Å². The van der Waals surface area contributed by atoms with E-state index in [1.54, 1.807) is 60.7 Å². The van der Waals surface area contributed by atoms with E-state index in [0.29, 0.717) is 5.56 Å². The monoisotopic (exact) mass is 433 g/mol. The van der Waals surface area contributed by atoms with Crippen molar-refractivity contribution in [3.05, 3.63) is 84.1 Å². The van der Waals surface area contributed by atoms with Crippen LogP contribution in [0, 0.1) is 0 Å². The molecule has 3 atom stereocenters. The van der Waals surface area contributed by atoms with Gasteiger partial charge in [0.2, 0.25) is 0 Å². The van der Waals surface area contributed by atoms with Crippen molar-refractivity contribution in [3.63, 3.8) is 0 Å². The van der Waals surface area contributed by atoms with Crippen molar-refractivity contribution in [1.82, 2.24) is 0 Å². The summed E-state index contributed by atoms with van der Waals surface area (Å²) in [4.78, 5) is 24.5. The number of nitrogens with two attached hydrogens (primary N) is 1. The molecule has 0 unspecified atom stereocenters. The van der Waals surface area contributed by atoms with E-state index in [1.807, 2.05) is 0 Å². The summed E-state index contributed by atoms with van der Waals surface area (Å²) >= 11 is 0. The Balaban J connectivity index is 1.73. The Morgan fingerprint density at radius 3 is 2.07 bits per heavy atom. The van der Waals surface area contributed by atoms with Crippen LogP contribution < -0.4 is 5.14 Å². The highest BCUT2D eigenvalue weighted by Gasteiger charge is 2.39. The minimum atomic E-state index is -4.43. The quantitative estimate of drug-likeness (QED) is 0.651. The number of benzene rings is 2. The standard InChI is InChI=1S/C20H19NO8S/c21-30(24,25)29-18-16(28-20(23)15-9-5-2-6-10-15)11-12-26-17(18)13-27-19(22)14-7-3-1-4-8-14/h1-12,16-18H,13H2,(H2,21,24,25)/t16-,17-,18+/m1/s1. The van der Waals surface area contributed by atoms with E-state index in [-0.39, 0.29) is 12.2 Å². The summed E-state index contributed by atoms with van der Waals surface area (Å²) in [5, 5.41) is 5.00. The van der Waals surface area contributed by atoms with Crippen LogP contribution in [-0.2, 0) is 28.7 Å². The van der Waals surface area contributed by atoms with Crippen LogP contribution in [0.5, 0.6) is 0 Å². The van der Waals surface area contributed by atoms with Gasteiger partial charge in [-0.25, -0.2) is 18.9 Å². The zero-order valence-corrected chi connectivity index (χ0v) is 16.4. The minimum Gasteiger partial charge on any atom is -0.492 e. The first kappa shape index (κ1) is 21.5. The first-order valence-electron chi connectivity index (χ1n) is 8.85. The summed E-state index contributed by atoms with van der Waals surface area (Å²) in [6, 6.07) is 16.3. The van der Waals surface area contributed by atoms with Crippen LogP contribution in [0.2, 0.25) is 0 Å². The average Bonchev–Trinajstić information content (AvgIpc) is 2.74. The second-order valence-corrected chi connectivity index (χ2v) is 7.44. The molecule has 1 aliphatic rings. The normalized spacial score (nSPS) is 20.8. The third kappa shape index (κ3) is 5.89. The fraction of sp³-hybridized carbons (Fsp3) is 0.200. The molecule has 1 aliphatic heterocycles. The maximum absolute atomic E-state index is 12.4. The van der Waals surface area contributed by atoms with Crippen LogP contribution >= 0.6 is 0 Å². The van der Waals surface area contributed by atoms with Crippen molar-refractivity contribution in [2.24, 2.45) is 5.14 Å². The van der Waals surface area contributed by atoms with Gasteiger partial charge >= 0.3 is 22.2 Å². The largest absolute Gasteiger partial charge is 0.492 e. The van der Waals surface area contributed by atoms with Crippen molar-refractivity contribution in [1.29, 1.82) is 0 Å². The maximum atomic E-state index is 12.4. The lowest BCUT2D eigenvalue weighted by molar-refractivity contribution is -0.0772. The van der Waals surface area contributed by atoms with Gasteiger partial charge in [0.05, 0.1) is 17.4 Å². The smallest absolute Gasteiger partial charge is 0.338 e. The first-order chi connectivity index (χ1) is 14.3. The first-order valence-corrected chi connectivity index (χ1v) is 10.3. The summed E-state index contributed by atoms with van der Waals surface area (Å²) in [6.45, 7) is -0.363. The number of hydrogen-bond acceptors (Lipinski definition) is 8. The number of rotatable bonds is 7. The van der Waals surface area contributed by atoms with Crippen LogP contribution in [-0.4, -0.2) is 45.3 Å². The zero-order chi connectivity index (χ0) is 21.6.